The van der Waals surface area contributed by atoms with Crippen LogP contribution in [-0.4, -0.2) is 48.9 Å². The van der Waals surface area contributed by atoms with Crippen LogP contribution in [0.1, 0.15) is 33.6 Å². The molecule has 2 heterocycles. The molecular formula is C14H24ClNO4Si. The molecule has 1 atom stereocenters. The number of hydrogen-bond donors (Lipinski definition) is 0. The maximum atomic E-state index is 12.4. The van der Waals surface area contributed by atoms with Gasteiger partial charge >= 0.3 is 12.1 Å². The molecule has 2 rings (SSSR count). The van der Waals surface area contributed by atoms with Crippen LogP contribution in [-0.2, 0) is 14.3 Å². The molecule has 1 unspecified atom stereocenters. The quantitative estimate of drug-likeness (QED) is 0.442. The Balaban J connectivity index is 2.14. The average Bonchev–Trinajstić information content (AvgIpc) is 2.96. The van der Waals surface area contributed by atoms with Crippen LogP contribution in [0.4, 0.5) is 4.79 Å². The molecule has 2 aliphatic rings. The van der Waals surface area contributed by atoms with Crippen LogP contribution in [0, 0.1) is 0 Å². The molecule has 7 heteroatoms. The van der Waals surface area contributed by atoms with Crippen LogP contribution in [0.2, 0.25) is 18.1 Å². The minimum absolute atomic E-state index is 0.175. The Morgan fingerprint density at radius 3 is 2.43 bits per heavy atom. The predicted octanol–water partition coefficient (Wildman–Crippen LogP) is 3.13. The minimum Gasteiger partial charge on any atom is -0.448 e. The molecule has 0 aromatic heterocycles. The van der Waals surface area contributed by atoms with Crippen molar-refractivity contribution >= 4 is 31.7 Å². The third kappa shape index (κ3) is 3.91. The first-order valence-corrected chi connectivity index (χ1v) is 10.8. The molecule has 1 amide bonds. The highest BCUT2D eigenvalue weighted by Crippen LogP contribution is 2.41. The third-order valence-corrected chi connectivity index (χ3v) is 9.47. The standard InChI is InChI=1S/C14H24ClNO4Si/c1-14(2,3)20-13(18)16-10-21(6-4-5-7-21)8-11(16)12(17)19-9-15/h11H,4-10H2,1-3H3. The minimum atomic E-state index is -1.54. The van der Waals surface area contributed by atoms with Crippen molar-refractivity contribution in [3.63, 3.8) is 0 Å². The molecule has 2 aliphatic heterocycles. The van der Waals surface area contributed by atoms with E-state index in [1.807, 2.05) is 20.8 Å². The van der Waals surface area contributed by atoms with Crippen molar-refractivity contribution in [3.8, 4) is 0 Å². The second-order valence-electron chi connectivity index (χ2n) is 7.11. The molecule has 5 nitrogen and oxygen atoms in total. The van der Waals surface area contributed by atoms with Gasteiger partial charge in [0.1, 0.15) is 11.6 Å². The summed E-state index contributed by atoms with van der Waals surface area (Å²) in [5, 5.41) is 0. The van der Waals surface area contributed by atoms with E-state index in [2.05, 4.69) is 0 Å². The number of ether oxygens (including phenoxy) is 2. The van der Waals surface area contributed by atoms with E-state index in [0.717, 1.165) is 6.04 Å². The summed E-state index contributed by atoms with van der Waals surface area (Å²) in [6, 6.07) is 2.49. The lowest BCUT2D eigenvalue weighted by molar-refractivity contribution is -0.146. The highest BCUT2D eigenvalue weighted by Gasteiger charge is 2.52. The van der Waals surface area contributed by atoms with E-state index in [9.17, 15) is 9.59 Å². The Hall–Kier alpha value is -0.753. The molecule has 21 heavy (non-hydrogen) atoms. The first-order valence-electron chi connectivity index (χ1n) is 7.49. The number of carbonyl (C=O) groups is 2. The third-order valence-electron chi connectivity index (χ3n) is 4.27. The van der Waals surface area contributed by atoms with Gasteiger partial charge in [-0.3, -0.25) is 4.90 Å². The molecule has 0 bridgehead atoms. The maximum Gasteiger partial charge on any atom is 0.410 e. The number of nitrogens with zero attached hydrogens (tertiary/aromatic N) is 1. The predicted molar refractivity (Wildman–Crippen MR) is 82.9 cm³/mol. The van der Waals surface area contributed by atoms with E-state index < -0.39 is 31.8 Å². The van der Waals surface area contributed by atoms with Gasteiger partial charge in [-0.15, -0.1) is 0 Å². The lowest BCUT2D eigenvalue weighted by Gasteiger charge is -2.28. The van der Waals surface area contributed by atoms with Crippen molar-refractivity contribution < 1.29 is 19.1 Å². The second-order valence-corrected chi connectivity index (χ2v) is 12.1. The topological polar surface area (TPSA) is 55.8 Å². The van der Waals surface area contributed by atoms with Gasteiger partial charge in [0.25, 0.3) is 0 Å². The smallest absolute Gasteiger partial charge is 0.410 e. The zero-order valence-electron chi connectivity index (χ0n) is 13.0. The van der Waals surface area contributed by atoms with Crippen molar-refractivity contribution in [2.45, 2.75) is 63.4 Å². The molecule has 0 aliphatic carbocycles. The second kappa shape index (κ2) is 6.16. The first-order chi connectivity index (χ1) is 9.76. The summed E-state index contributed by atoms with van der Waals surface area (Å²) >= 11 is 5.49. The maximum absolute atomic E-state index is 12.4. The van der Waals surface area contributed by atoms with E-state index in [4.69, 9.17) is 21.1 Å². The summed E-state index contributed by atoms with van der Waals surface area (Å²) in [4.78, 5) is 26.1. The summed E-state index contributed by atoms with van der Waals surface area (Å²) in [6.07, 6.45) is 2.73. The fourth-order valence-electron chi connectivity index (χ4n) is 3.42. The fourth-order valence-corrected chi connectivity index (χ4v) is 8.91. The Kier molecular flexibility index (Phi) is 4.88. The number of rotatable bonds is 2. The largest absolute Gasteiger partial charge is 0.448 e. The van der Waals surface area contributed by atoms with Crippen molar-refractivity contribution in [2.24, 2.45) is 0 Å². The van der Waals surface area contributed by atoms with E-state index in [0.29, 0.717) is 6.17 Å². The number of carbonyl (C=O) groups excluding carboxylic acids is 2. The van der Waals surface area contributed by atoms with Crippen LogP contribution in [0.5, 0.6) is 0 Å². The Morgan fingerprint density at radius 1 is 1.29 bits per heavy atom. The molecule has 2 saturated heterocycles. The van der Waals surface area contributed by atoms with E-state index in [-0.39, 0.29) is 6.07 Å². The van der Waals surface area contributed by atoms with Crippen molar-refractivity contribution in [1.29, 1.82) is 0 Å². The summed E-state index contributed by atoms with van der Waals surface area (Å²) < 4.78 is 10.4. The average molecular weight is 334 g/mol. The molecule has 0 aromatic carbocycles. The highest BCUT2D eigenvalue weighted by molar-refractivity contribution is 6.82. The molecule has 0 aromatic rings. The number of amides is 1. The number of alkyl halides is 1. The van der Waals surface area contributed by atoms with Gasteiger partial charge < -0.3 is 9.47 Å². The Labute approximate surface area is 131 Å². The summed E-state index contributed by atoms with van der Waals surface area (Å²) in [5.74, 6) is -0.396. The molecule has 1 spiro atoms. The van der Waals surface area contributed by atoms with E-state index in [1.54, 1.807) is 4.90 Å². The highest BCUT2D eigenvalue weighted by atomic mass is 35.5. The van der Waals surface area contributed by atoms with Crippen LogP contribution < -0.4 is 0 Å². The molecule has 0 saturated carbocycles. The van der Waals surface area contributed by atoms with Gasteiger partial charge in [-0.2, -0.15) is 0 Å². The molecular weight excluding hydrogens is 310 g/mol. The SMILES string of the molecule is CC(C)(C)OC(=O)N1C[Si]2(CCCC2)CC1C(=O)OCCl. The van der Waals surface area contributed by atoms with Crippen LogP contribution in [0.25, 0.3) is 0 Å². The lowest BCUT2D eigenvalue weighted by atomic mass is 10.2. The normalized spacial score (nSPS) is 24.4. The van der Waals surface area contributed by atoms with Gasteiger partial charge in [0, 0.05) is 6.17 Å². The van der Waals surface area contributed by atoms with E-state index in [1.165, 1.54) is 24.9 Å². The first kappa shape index (κ1) is 16.6. The number of hydrogen-bond acceptors (Lipinski definition) is 4. The van der Waals surface area contributed by atoms with Crippen molar-refractivity contribution in [3.05, 3.63) is 0 Å². The van der Waals surface area contributed by atoms with Crippen LogP contribution in [0.15, 0.2) is 0 Å². The van der Waals surface area contributed by atoms with Gasteiger partial charge in [0.2, 0.25) is 0 Å². The summed E-state index contributed by atoms with van der Waals surface area (Å²) in [7, 11) is -1.54. The van der Waals surface area contributed by atoms with Crippen molar-refractivity contribution in [1.82, 2.24) is 4.90 Å². The zero-order chi connectivity index (χ0) is 15.7. The van der Waals surface area contributed by atoms with Gasteiger partial charge in [-0.1, -0.05) is 36.5 Å². The zero-order valence-corrected chi connectivity index (χ0v) is 14.7. The summed E-state index contributed by atoms with van der Waals surface area (Å²) in [5.41, 5.74) is -0.564. The van der Waals surface area contributed by atoms with Gasteiger partial charge in [0.05, 0.1) is 8.07 Å². The van der Waals surface area contributed by atoms with Gasteiger partial charge in [-0.25, -0.2) is 9.59 Å². The summed E-state index contributed by atoms with van der Waals surface area (Å²) in [6.45, 7) is 5.49. The fraction of sp³-hybridized carbons (Fsp3) is 0.857. The van der Waals surface area contributed by atoms with E-state index >= 15 is 0 Å². The van der Waals surface area contributed by atoms with Crippen molar-refractivity contribution in [2.75, 3.05) is 12.2 Å². The molecule has 2 fully saturated rings. The van der Waals surface area contributed by atoms with Crippen LogP contribution in [0.3, 0.4) is 0 Å². The number of halogens is 1. The van der Waals surface area contributed by atoms with Gasteiger partial charge in [0.15, 0.2) is 6.07 Å². The molecule has 0 N–H and O–H groups in total. The lowest BCUT2D eigenvalue weighted by Crippen LogP contribution is -2.44. The monoisotopic (exact) mass is 333 g/mol. The number of esters is 1. The molecule has 0 radical (unpaired) electrons. The Bertz CT molecular complexity index is 418. The Morgan fingerprint density at radius 2 is 1.90 bits per heavy atom. The molecule has 120 valence electrons. The van der Waals surface area contributed by atoms with Gasteiger partial charge in [-0.05, 0) is 26.8 Å². The van der Waals surface area contributed by atoms with Crippen LogP contribution >= 0.6 is 11.6 Å².